The molecule has 0 saturated heterocycles. The Morgan fingerprint density at radius 3 is 2.71 bits per heavy atom. The van der Waals surface area contributed by atoms with Crippen LogP contribution in [0.2, 0.25) is 0 Å². The highest BCUT2D eigenvalue weighted by Crippen LogP contribution is 2.15. The van der Waals surface area contributed by atoms with Gasteiger partial charge in [-0.2, -0.15) is 0 Å². The van der Waals surface area contributed by atoms with E-state index in [-0.39, 0.29) is 11.8 Å². The molecule has 1 heterocycles. The summed E-state index contributed by atoms with van der Waals surface area (Å²) in [5.74, 6) is 0.625. The Bertz CT molecular complexity index is 481. The molecule has 17 heavy (non-hydrogen) atoms. The summed E-state index contributed by atoms with van der Waals surface area (Å²) in [5.41, 5.74) is 1.81. The Hall–Kier alpha value is -1.84. The van der Waals surface area contributed by atoms with Crippen molar-refractivity contribution in [3.63, 3.8) is 0 Å². The van der Waals surface area contributed by atoms with E-state index < -0.39 is 0 Å². The van der Waals surface area contributed by atoms with E-state index in [1.165, 1.54) is 0 Å². The van der Waals surface area contributed by atoms with Gasteiger partial charge in [0.15, 0.2) is 0 Å². The van der Waals surface area contributed by atoms with Crippen molar-refractivity contribution >= 4 is 22.9 Å². The first-order valence-corrected chi connectivity index (χ1v) is 6.00. The second-order valence-electron chi connectivity index (χ2n) is 4.11. The summed E-state index contributed by atoms with van der Waals surface area (Å²) in [6.07, 6.45) is 1.70. The monoisotopic (exact) mass is 231 g/mol. The van der Waals surface area contributed by atoms with Gasteiger partial charge >= 0.3 is 0 Å². The van der Waals surface area contributed by atoms with E-state index in [0.717, 1.165) is 23.9 Å². The molecule has 1 aromatic heterocycles. The predicted molar refractivity (Wildman–Crippen MR) is 68.8 cm³/mol. The van der Waals surface area contributed by atoms with Crippen molar-refractivity contribution in [2.24, 2.45) is 5.92 Å². The first kappa shape index (κ1) is 11.6. The summed E-state index contributed by atoms with van der Waals surface area (Å²) in [7, 11) is 0. The minimum absolute atomic E-state index is 0.0362. The zero-order valence-corrected chi connectivity index (χ0v) is 10.2. The molecule has 2 aromatic rings. The Labute approximate surface area is 100 Å². The van der Waals surface area contributed by atoms with Crippen molar-refractivity contribution in [2.75, 3.05) is 5.32 Å². The summed E-state index contributed by atoms with van der Waals surface area (Å²) in [6.45, 7) is 4.04. The topological polar surface area (TPSA) is 57.8 Å². The predicted octanol–water partition coefficient (Wildman–Crippen LogP) is 2.94. The summed E-state index contributed by atoms with van der Waals surface area (Å²) in [5, 5.41) is 2.83. The maximum atomic E-state index is 11.9. The molecule has 4 heteroatoms. The molecule has 2 N–H and O–H groups in total. The molecule has 1 amide bonds. The largest absolute Gasteiger partial charge is 0.324 e. The van der Waals surface area contributed by atoms with E-state index in [0.29, 0.717) is 5.95 Å². The average molecular weight is 231 g/mol. The maximum absolute atomic E-state index is 11.9. The number of nitrogens with one attached hydrogen (secondary N) is 2. The Morgan fingerprint density at radius 1 is 1.35 bits per heavy atom. The van der Waals surface area contributed by atoms with Crippen molar-refractivity contribution in [2.45, 2.75) is 26.7 Å². The molecule has 0 spiro atoms. The molecule has 0 radical (unpaired) electrons. The minimum Gasteiger partial charge on any atom is -0.324 e. The third-order valence-electron chi connectivity index (χ3n) is 2.99. The highest BCUT2D eigenvalue weighted by atomic mass is 16.2. The number of carbonyl (C=O) groups excluding carboxylic acids is 1. The van der Waals surface area contributed by atoms with Crippen LogP contribution in [0.15, 0.2) is 24.3 Å². The molecule has 2 rings (SSSR count). The molecular weight excluding hydrogens is 214 g/mol. The number of anilines is 1. The van der Waals surface area contributed by atoms with Crippen molar-refractivity contribution in [1.82, 2.24) is 9.97 Å². The number of aromatic nitrogens is 2. The van der Waals surface area contributed by atoms with Crippen LogP contribution in [-0.2, 0) is 4.79 Å². The summed E-state index contributed by atoms with van der Waals surface area (Å²) in [4.78, 5) is 19.3. The molecule has 0 fully saturated rings. The highest BCUT2D eigenvalue weighted by Gasteiger charge is 2.15. The van der Waals surface area contributed by atoms with Crippen LogP contribution in [0.4, 0.5) is 5.95 Å². The molecule has 90 valence electrons. The first-order valence-electron chi connectivity index (χ1n) is 6.00. The smallest absolute Gasteiger partial charge is 0.229 e. The van der Waals surface area contributed by atoms with E-state index in [1.807, 2.05) is 38.1 Å². The number of hydrogen-bond donors (Lipinski definition) is 2. The van der Waals surface area contributed by atoms with Gasteiger partial charge in [0.2, 0.25) is 11.9 Å². The van der Waals surface area contributed by atoms with Gasteiger partial charge in [0.05, 0.1) is 11.0 Å². The van der Waals surface area contributed by atoms with Gasteiger partial charge in [0.1, 0.15) is 0 Å². The second-order valence-corrected chi connectivity index (χ2v) is 4.11. The number of nitrogens with zero attached hydrogens (tertiary/aromatic N) is 1. The van der Waals surface area contributed by atoms with Crippen LogP contribution in [0, 0.1) is 5.92 Å². The lowest BCUT2D eigenvalue weighted by molar-refractivity contribution is -0.120. The zero-order chi connectivity index (χ0) is 12.3. The molecule has 0 atom stereocenters. The molecule has 1 aromatic carbocycles. The van der Waals surface area contributed by atoms with E-state index in [1.54, 1.807) is 0 Å². The first-order chi connectivity index (χ1) is 8.24. The number of hydrogen-bond acceptors (Lipinski definition) is 2. The lowest BCUT2D eigenvalue weighted by Gasteiger charge is -2.10. The standard InChI is InChI=1S/C13H17N3O/c1-3-9(4-2)12(17)16-13-14-10-7-5-6-8-11(10)15-13/h5-9H,3-4H2,1-2H3,(H2,14,15,16,17). The van der Waals surface area contributed by atoms with Crippen LogP contribution >= 0.6 is 0 Å². The van der Waals surface area contributed by atoms with E-state index >= 15 is 0 Å². The van der Waals surface area contributed by atoms with Crippen molar-refractivity contribution < 1.29 is 4.79 Å². The number of aromatic amines is 1. The summed E-state index contributed by atoms with van der Waals surface area (Å²) < 4.78 is 0. The quantitative estimate of drug-likeness (QED) is 0.850. The fourth-order valence-corrected chi connectivity index (χ4v) is 1.89. The number of imidazole rings is 1. The summed E-state index contributed by atoms with van der Waals surface area (Å²) >= 11 is 0. The van der Waals surface area contributed by atoms with Crippen molar-refractivity contribution in [1.29, 1.82) is 0 Å². The lowest BCUT2D eigenvalue weighted by Crippen LogP contribution is -2.22. The minimum atomic E-state index is 0.0362. The van der Waals surface area contributed by atoms with Gasteiger partial charge < -0.3 is 4.98 Å². The van der Waals surface area contributed by atoms with Crippen LogP contribution in [-0.4, -0.2) is 15.9 Å². The third-order valence-corrected chi connectivity index (χ3v) is 2.99. The number of fused-ring (bicyclic) bond motifs is 1. The molecule has 0 saturated carbocycles. The SMILES string of the molecule is CCC(CC)C(=O)Nc1nc2ccccc2[nH]1. The maximum Gasteiger partial charge on any atom is 0.229 e. The van der Waals surface area contributed by atoms with E-state index in [4.69, 9.17) is 0 Å². The van der Waals surface area contributed by atoms with Gasteiger partial charge in [-0.15, -0.1) is 0 Å². The highest BCUT2D eigenvalue weighted by molar-refractivity contribution is 5.92. The number of para-hydroxylation sites is 2. The number of benzene rings is 1. The Kier molecular flexibility index (Phi) is 3.42. The number of H-pyrrole nitrogens is 1. The van der Waals surface area contributed by atoms with Crippen molar-refractivity contribution in [3.05, 3.63) is 24.3 Å². The van der Waals surface area contributed by atoms with Gasteiger partial charge in [0, 0.05) is 5.92 Å². The molecular formula is C13H17N3O. The van der Waals surface area contributed by atoms with Crippen LogP contribution in [0.5, 0.6) is 0 Å². The normalized spacial score (nSPS) is 11.0. The van der Waals surface area contributed by atoms with Crippen molar-refractivity contribution in [3.8, 4) is 0 Å². The fraction of sp³-hybridized carbons (Fsp3) is 0.385. The van der Waals surface area contributed by atoms with Gasteiger partial charge in [0.25, 0.3) is 0 Å². The van der Waals surface area contributed by atoms with Gasteiger partial charge in [-0.3, -0.25) is 10.1 Å². The third kappa shape index (κ3) is 2.46. The molecule has 0 unspecified atom stereocenters. The number of amides is 1. The van der Waals surface area contributed by atoms with Crippen LogP contribution in [0.1, 0.15) is 26.7 Å². The molecule has 0 aliphatic heterocycles. The van der Waals surface area contributed by atoms with Crippen LogP contribution in [0.3, 0.4) is 0 Å². The Morgan fingerprint density at radius 2 is 2.06 bits per heavy atom. The average Bonchev–Trinajstić information content (AvgIpc) is 2.72. The summed E-state index contributed by atoms with van der Waals surface area (Å²) in [6, 6.07) is 7.72. The van der Waals surface area contributed by atoms with Gasteiger partial charge in [-0.05, 0) is 25.0 Å². The van der Waals surface area contributed by atoms with E-state index in [2.05, 4.69) is 15.3 Å². The molecule has 0 aliphatic rings. The van der Waals surface area contributed by atoms with Crippen LogP contribution < -0.4 is 5.32 Å². The molecule has 0 bridgehead atoms. The zero-order valence-electron chi connectivity index (χ0n) is 10.2. The second kappa shape index (κ2) is 4.99. The molecule has 0 aliphatic carbocycles. The number of carbonyl (C=O) groups is 1. The fourth-order valence-electron chi connectivity index (χ4n) is 1.89. The number of rotatable bonds is 4. The lowest BCUT2D eigenvalue weighted by atomic mass is 10.0. The van der Waals surface area contributed by atoms with E-state index in [9.17, 15) is 4.79 Å². The van der Waals surface area contributed by atoms with Crippen LogP contribution in [0.25, 0.3) is 11.0 Å². The van der Waals surface area contributed by atoms with Gasteiger partial charge in [-0.1, -0.05) is 26.0 Å². The molecule has 4 nitrogen and oxygen atoms in total. The van der Waals surface area contributed by atoms with Gasteiger partial charge in [-0.25, -0.2) is 4.98 Å². The Balaban J connectivity index is 2.15.